The van der Waals surface area contributed by atoms with Crippen molar-refractivity contribution >= 4 is 23.4 Å². The quantitative estimate of drug-likeness (QED) is 0.475. The van der Waals surface area contributed by atoms with E-state index in [1.807, 2.05) is 0 Å². The molecule has 0 radical (unpaired) electrons. The second-order valence-electron chi connectivity index (χ2n) is 5.60. The molecule has 0 aliphatic carbocycles. The maximum Gasteiger partial charge on any atom is 0.414 e. The number of hydrogen-bond donors (Lipinski definition) is 0. The first-order chi connectivity index (χ1) is 11.5. The predicted octanol–water partition coefficient (Wildman–Crippen LogP) is 1.70. The van der Waals surface area contributed by atoms with Crippen LogP contribution in [-0.4, -0.2) is 56.4 Å². The van der Waals surface area contributed by atoms with Gasteiger partial charge in [0.2, 0.25) is 5.91 Å². The van der Waals surface area contributed by atoms with E-state index >= 15 is 0 Å². The molecule has 2 saturated heterocycles. The lowest BCUT2D eigenvalue weighted by molar-refractivity contribution is -0.125. The van der Waals surface area contributed by atoms with Crippen molar-refractivity contribution < 1.29 is 18.7 Å². The van der Waals surface area contributed by atoms with Gasteiger partial charge >= 0.3 is 6.09 Å². The molecule has 126 valence electrons. The van der Waals surface area contributed by atoms with Crippen LogP contribution in [0.3, 0.4) is 0 Å². The third-order valence-corrected chi connectivity index (χ3v) is 3.94. The summed E-state index contributed by atoms with van der Waals surface area (Å²) in [6.45, 7) is 0.644. The topological polar surface area (TPSA) is 102 Å². The summed E-state index contributed by atoms with van der Waals surface area (Å²) >= 11 is 0. The van der Waals surface area contributed by atoms with Crippen molar-refractivity contribution in [3.63, 3.8) is 0 Å². The van der Waals surface area contributed by atoms with Crippen molar-refractivity contribution in [2.24, 2.45) is 5.11 Å². The molecule has 24 heavy (non-hydrogen) atoms. The zero-order chi connectivity index (χ0) is 17.3. The Bertz CT molecular complexity index is 735. The molecule has 0 unspecified atom stereocenters. The van der Waals surface area contributed by atoms with Crippen LogP contribution in [0.1, 0.15) is 0 Å². The van der Waals surface area contributed by atoms with E-state index in [2.05, 4.69) is 10.0 Å². The predicted molar refractivity (Wildman–Crippen MR) is 83.0 cm³/mol. The number of amides is 2. The van der Waals surface area contributed by atoms with Gasteiger partial charge in [-0.05, 0) is 23.7 Å². The first kappa shape index (κ1) is 15.9. The SMILES string of the molecule is CN1CN(c2ccc(N3C[C@@H](CN=[N+]=[N-])OC3=O)cc2F)CC1=O. The minimum Gasteiger partial charge on any atom is -0.444 e. The fourth-order valence-electron chi connectivity index (χ4n) is 2.71. The summed E-state index contributed by atoms with van der Waals surface area (Å²) in [7, 11) is 1.65. The number of benzene rings is 1. The summed E-state index contributed by atoms with van der Waals surface area (Å²) in [6.07, 6.45) is -1.17. The van der Waals surface area contributed by atoms with Gasteiger partial charge in [-0.3, -0.25) is 9.69 Å². The number of carbonyl (C=O) groups is 2. The number of ether oxygens (including phenoxy) is 1. The molecule has 0 spiro atoms. The Hall–Kier alpha value is -3.00. The van der Waals surface area contributed by atoms with E-state index in [4.69, 9.17) is 10.3 Å². The third kappa shape index (κ3) is 2.91. The Kier molecular flexibility index (Phi) is 4.13. The minimum atomic E-state index is -0.614. The van der Waals surface area contributed by atoms with Crippen LogP contribution >= 0.6 is 0 Å². The number of halogens is 1. The van der Waals surface area contributed by atoms with Crippen LogP contribution < -0.4 is 9.80 Å². The maximum absolute atomic E-state index is 14.4. The number of likely N-dealkylation sites (N-methyl/N-ethyl adjacent to an activating group) is 1. The Morgan fingerprint density at radius 2 is 2.25 bits per heavy atom. The van der Waals surface area contributed by atoms with Crippen LogP contribution in [0.5, 0.6) is 0 Å². The van der Waals surface area contributed by atoms with E-state index in [9.17, 15) is 14.0 Å². The Morgan fingerprint density at radius 1 is 1.46 bits per heavy atom. The van der Waals surface area contributed by atoms with Crippen molar-refractivity contribution in [3.05, 3.63) is 34.5 Å². The number of hydrogen-bond acceptors (Lipinski definition) is 5. The van der Waals surface area contributed by atoms with Gasteiger partial charge in [0.05, 0.1) is 37.7 Å². The summed E-state index contributed by atoms with van der Waals surface area (Å²) in [4.78, 5) is 30.5. The fourth-order valence-corrected chi connectivity index (χ4v) is 2.71. The lowest BCUT2D eigenvalue weighted by Gasteiger charge is -2.20. The minimum absolute atomic E-state index is 0.0293. The van der Waals surface area contributed by atoms with Gasteiger partial charge in [0.15, 0.2) is 0 Å². The van der Waals surface area contributed by atoms with Crippen molar-refractivity contribution in [2.45, 2.75) is 6.10 Å². The normalized spacial score (nSPS) is 20.4. The molecule has 1 aromatic carbocycles. The third-order valence-electron chi connectivity index (χ3n) is 3.94. The van der Waals surface area contributed by atoms with Gasteiger partial charge in [-0.1, -0.05) is 5.11 Å². The standard InChI is InChI=1S/C14H15FN6O3/c1-19-8-20(7-13(19)22)12-3-2-9(4-11(12)15)21-6-10(5-17-18-16)24-14(21)23/h2-4,10H,5-8H2,1H3/t10-/m1/s1. The molecule has 2 heterocycles. The van der Waals surface area contributed by atoms with Crippen LogP contribution in [0.25, 0.3) is 10.4 Å². The molecule has 1 aromatic rings. The van der Waals surface area contributed by atoms with E-state index < -0.39 is 18.0 Å². The molecule has 0 saturated carbocycles. The first-order valence-electron chi connectivity index (χ1n) is 7.27. The Morgan fingerprint density at radius 3 is 2.88 bits per heavy atom. The molecule has 0 aromatic heterocycles. The van der Waals surface area contributed by atoms with Crippen molar-refractivity contribution in [1.82, 2.24) is 4.90 Å². The van der Waals surface area contributed by atoms with Crippen LogP contribution in [0.4, 0.5) is 20.6 Å². The molecule has 2 amide bonds. The van der Waals surface area contributed by atoms with Gasteiger partial charge in [0.25, 0.3) is 0 Å². The highest BCUT2D eigenvalue weighted by Crippen LogP contribution is 2.29. The number of azide groups is 1. The number of carbonyl (C=O) groups excluding carboxylic acids is 2. The Balaban J connectivity index is 1.76. The zero-order valence-electron chi connectivity index (χ0n) is 12.9. The van der Waals surface area contributed by atoms with Gasteiger partial charge in [0, 0.05) is 12.0 Å². The van der Waals surface area contributed by atoms with Gasteiger partial charge in [-0.15, -0.1) is 0 Å². The molecule has 9 nitrogen and oxygen atoms in total. The number of rotatable bonds is 4. The van der Waals surface area contributed by atoms with E-state index in [0.717, 1.165) is 0 Å². The monoisotopic (exact) mass is 334 g/mol. The molecule has 1 atom stereocenters. The number of nitrogens with zero attached hydrogens (tertiary/aromatic N) is 6. The van der Waals surface area contributed by atoms with Crippen molar-refractivity contribution in [3.8, 4) is 0 Å². The highest BCUT2D eigenvalue weighted by atomic mass is 19.1. The molecule has 3 rings (SSSR count). The smallest absolute Gasteiger partial charge is 0.414 e. The summed E-state index contributed by atoms with van der Waals surface area (Å²) in [5.74, 6) is -0.607. The Labute approximate surface area is 136 Å². The highest BCUT2D eigenvalue weighted by molar-refractivity contribution is 5.90. The van der Waals surface area contributed by atoms with Crippen molar-refractivity contribution in [1.29, 1.82) is 0 Å². The highest BCUT2D eigenvalue weighted by Gasteiger charge is 2.33. The summed E-state index contributed by atoms with van der Waals surface area (Å²) in [5, 5.41) is 3.37. The molecule has 2 aliphatic rings. The van der Waals surface area contributed by atoms with Gasteiger partial charge in [0.1, 0.15) is 11.9 Å². The molecule has 2 fully saturated rings. The van der Waals surface area contributed by atoms with Crippen LogP contribution in [0, 0.1) is 5.82 Å². The van der Waals surface area contributed by atoms with Gasteiger partial charge in [-0.25, -0.2) is 9.18 Å². The molecule has 0 N–H and O–H groups in total. The fraction of sp³-hybridized carbons (Fsp3) is 0.429. The van der Waals surface area contributed by atoms with Crippen LogP contribution in [0.2, 0.25) is 0 Å². The summed E-state index contributed by atoms with van der Waals surface area (Å²) < 4.78 is 19.5. The largest absolute Gasteiger partial charge is 0.444 e. The molecular weight excluding hydrogens is 319 g/mol. The second kappa shape index (κ2) is 6.25. The molecule has 2 aliphatic heterocycles. The average molecular weight is 334 g/mol. The van der Waals surface area contributed by atoms with E-state index in [-0.39, 0.29) is 25.5 Å². The van der Waals surface area contributed by atoms with E-state index in [1.165, 1.54) is 21.9 Å². The lowest BCUT2D eigenvalue weighted by atomic mass is 10.2. The van der Waals surface area contributed by atoms with Crippen molar-refractivity contribution in [2.75, 3.05) is 43.2 Å². The van der Waals surface area contributed by atoms with E-state index in [1.54, 1.807) is 18.0 Å². The number of anilines is 2. The molecular formula is C14H15FN6O3. The summed E-state index contributed by atoms with van der Waals surface area (Å²) in [5.41, 5.74) is 8.96. The lowest BCUT2D eigenvalue weighted by Crippen LogP contribution is -2.26. The second-order valence-corrected chi connectivity index (χ2v) is 5.60. The molecule has 0 bridgehead atoms. The zero-order valence-corrected chi connectivity index (χ0v) is 12.9. The molecule has 10 heteroatoms. The van der Waals surface area contributed by atoms with Gasteiger partial charge < -0.3 is 14.5 Å². The average Bonchev–Trinajstić information content (AvgIpc) is 3.08. The first-order valence-corrected chi connectivity index (χ1v) is 7.27. The maximum atomic E-state index is 14.4. The van der Waals surface area contributed by atoms with Crippen LogP contribution in [-0.2, 0) is 9.53 Å². The van der Waals surface area contributed by atoms with Crippen LogP contribution in [0.15, 0.2) is 23.3 Å². The number of cyclic esters (lactones) is 1. The summed E-state index contributed by atoms with van der Waals surface area (Å²) in [6, 6.07) is 4.36. The van der Waals surface area contributed by atoms with E-state index in [0.29, 0.717) is 18.0 Å². The van der Waals surface area contributed by atoms with Gasteiger partial charge in [-0.2, -0.15) is 0 Å².